The SMILES string of the molecule is Cc1cc(C=O)cnc1N(C)Cc1ccncc1. The number of carbonyl (C=O) groups excluding carboxylic acids is 1. The summed E-state index contributed by atoms with van der Waals surface area (Å²) in [5.74, 6) is 0.886. The Balaban J connectivity index is 2.19. The van der Waals surface area contributed by atoms with Crippen molar-refractivity contribution in [2.45, 2.75) is 13.5 Å². The highest BCUT2D eigenvalue weighted by Gasteiger charge is 2.07. The van der Waals surface area contributed by atoms with Crippen LogP contribution in [0.5, 0.6) is 0 Å². The second kappa shape index (κ2) is 5.40. The molecule has 0 saturated heterocycles. The monoisotopic (exact) mass is 241 g/mol. The molecular weight excluding hydrogens is 226 g/mol. The van der Waals surface area contributed by atoms with Gasteiger partial charge in [-0.2, -0.15) is 0 Å². The first kappa shape index (κ1) is 12.2. The minimum Gasteiger partial charge on any atom is -0.355 e. The third-order valence-corrected chi connectivity index (χ3v) is 2.74. The number of aldehydes is 1. The summed E-state index contributed by atoms with van der Waals surface area (Å²) in [6.07, 6.45) is 5.96. The van der Waals surface area contributed by atoms with E-state index in [1.54, 1.807) is 18.6 Å². The molecule has 2 aromatic heterocycles. The molecule has 0 unspecified atom stereocenters. The van der Waals surface area contributed by atoms with Crippen molar-refractivity contribution in [3.05, 3.63) is 53.5 Å². The summed E-state index contributed by atoms with van der Waals surface area (Å²) in [6, 6.07) is 5.80. The smallest absolute Gasteiger partial charge is 0.151 e. The summed E-state index contributed by atoms with van der Waals surface area (Å²) in [6.45, 7) is 2.72. The number of nitrogens with zero attached hydrogens (tertiary/aromatic N) is 3. The van der Waals surface area contributed by atoms with E-state index >= 15 is 0 Å². The van der Waals surface area contributed by atoms with E-state index in [0.29, 0.717) is 5.56 Å². The second-order valence-corrected chi connectivity index (χ2v) is 4.24. The molecule has 0 bridgehead atoms. The van der Waals surface area contributed by atoms with E-state index in [2.05, 4.69) is 14.9 Å². The standard InChI is InChI=1S/C14H15N3O/c1-11-7-13(10-18)8-16-14(11)17(2)9-12-3-5-15-6-4-12/h3-8,10H,9H2,1-2H3. The van der Waals surface area contributed by atoms with Gasteiger partial charge in [-0.15, -0.1) is 0 Å². The molecule has 0 aliphatic rings. The fourth-order valence-electron chi connectivity index (χ4n) is 1.89. The van der Waals surface area contributed by atoms with Crippen molar-refractivity contribution >= 4 is 12.1 Å². The fraction of sp³-hybridized carbons (Fsp3) is 0.214. The number of rotatable bonds is 4. The Labute approximate surface area is 106 Å². The molecule has 92 valence electrons. The summed E-state index contributed by atoms with van der Waals surface area (Å²) in [4.78, 5) is 21.0. The van der Waals surface area contributed by atoms with Gasteiger partial charge in [0.05, 0.1) is 0 Å². The van der Waals surface area contributed by atoms with E-state index in [4.69, 9.17) is 0 Å². The van der Waals surface area contributed by atoms with Gasteiger partial charge in [0.15, 0.2) is 6.29 Å². The fourth-order valence-corrected chi connectivity index (χ4v) is 1.89. The highest BCUT2D eigenvalue weighted by atomic mass is 16.1. The second-order valence-electron chi connectivity index (χ2n) is 4.24. The largest absolute Gasteiger partial charge is 0.355 e. The number of hydrogen-bond donors (Lipinski definition) is 0. The molecule has 0 saturated carbocycles. The van der Waals surface area contributed by atoms with Crippen LogP contribution >= 0.6 is 0 Å². The third-order valence-electron chi connectivity index (χ3n) is 2.74. The predicted octanol–water partition coefficient (Wildman–Crippen LogP) is 2.23. The summed E-state index contributed by atoms with van der Waals surface area (Å²) >= 11 is 0. The molecule has 0 spiro atoms. The van der Waals surface area contributed by atoms with Crippen LogP contribution in [0.3, 0.4) is 0 Å². The van der Waals surface area contributed by atoms with Crippen LogP contribution in [0.2, 0.25) is 0 Å². The molecule has 2 heterocycles. The van der Waals surface area contributed by atoms with Crippen LogP contribution in [-0.2, 0) is 6.54 Å². The lowest BCUT2D eigenvalue weighted by Crippen LogP contribution is -2.18. The lowest BCUT2D eigenvalue weighted by atomic mass is 10.2. The van der Waals surface area contributed by atoms with Crippen LogP contribution in [0.25, 0.3) is 0 Å². The van der Waals surface area contributed by atoms with Gasteiger partial charge in [-0.3, -0.25) is 9.78 Å². The molecule has 4 nitrogen and oxygen atoms in total. The molecule has 2 rings (SSSR count). The van der Waals surface area contributed by atoms with E-state index in [0.717, 1.165) is 24.2 Å². The van der Waals surface area contributed by atoms with E-state index in [1.807, 2.05) is 32.2 Å². The maximum absolute atomic E-state index is 10.7. The van der Waals surface area contributed by atoms with Gasteiger partial charge in [-0.25, -0.2) is 4.98 Å². The van der Waals surface area contributed by atoms with Gasteiger partial charge in [0, 0.05) is 37.7 Å². The minimum absolute atomic E-state index is 0.605. The highest BCUT2D eigenvalue weighted by Crippen LogP contribution is 2.17. The molecule has 0 amide bonds. The number of hydrogen-bond acceptors (Lipinski definition) is 4. The molecule has 4 heteroatoms. The van der Waals surface area contributed by atoms with Crippen LogP contribution in [-0.4, -0.2) is 23.3 Å². The van der Waals surface area contributed by atoms with Crippen LogP contribution < -0.4 is 4.90 Å². The van der Waals surface area contributed by atoms with E-state index < -0.39 is 0 Å². The topological polar surface area (TPSA) is 46.1 Å². The number of pyridine rings is 2. The first-order valence-electron chi connectivity index (χ1n) is 5.72. The maximum atomic E-state index is 10.7. The van der Waals surface area contributed by atoms with Crippen molar-refractivity contribution in [1.29, 1.82) is 0 Å². The lowest BCUT2D eigenvalue weighted by molar-refractivity contribution is 0.112. The Morgan fingerprint density at radius 1 is 1.33 bits per heavy atom. The van der Waals surface area contributed by atoms with Gasteiger partial charge in [-0.05, 0) is 36.2 Å². The van der Waals surface area contributed by atoms with E-state index in [1.165, 1.54) is 5.56 Å². The minimum atomic E-state index is 0.605. The molecule has 0 atom stereocenters. The number of aryl methyl sites for hydroxylation is 1. The molecule has 0 N–H and O–H groups in total. The Morgan fingerprint density at radius 3 is 2.67 bits per heavy atom. The van der Waals surface area contributed by atoms with Crippen molar-refractivity contribution in [3.63, 3.8) is 0 Å². The Kier molecular flexibility index (Phi) is 3.67. The third kappa shape index (κ3) is 2.71. The van der Waals surface area contributed by atoms with Crippen molar-refractivity contribution in [3.8, 4) is 0 Å². The van der Waals surface area contributed by atoms with Gasteiger partial charge in [0.1, 0.15) is 5.82 Å². The van der Waals surface area contributed by atoms with Crippen LogP contribution in [0.15, 0.2) is 36.8 Å². The van der Waals surface area contributed by atoms with Gasteiger partial charge >= 0.3 is 0 Å². The number of aromatic nitrogens is 2. The molecule has 0 aromatic carbocycles. The maximum Gasteiger partial charge on any atom is 0.151 e. The van der Waals surface area contributed by atoms with Crippen molar-refractivity contribution < 1.29 is 4.79 Å². The van der Waals surface area contributed by atoms with E-state index in [-0.39, 0.29) is 0 Å². The Morgan fingerprint density at radius 2 is 2.06 bits per heavy atom. The zero-order valence-electron chi connectivity index (χ0n) is 10.5. The zero-order chi connectivity index (χ0) is 13.0. The van der Waals surface area contributed by atoms with Crippen LogP contribution in [0.4, 0.5) is 5.82 Å². The molecule has 0 aliphatic heterocycles. The quantitative estimate of drug-likeness (QED) is 0.770. The summed E-state index contributed by atoms with van der Waals surface area (Å²) in [7, 11) is 1.98. The number of carbonyl (C=O) groups is 1. The van der Waals surface area contributed by atoms with Gasteiger partial charge in [0.25, 0.3) is 0 Å². The van der Waals surface area contributed by atoms with E-state index in [9.17, 15) is 4.79 Å². The molecule has 0 radical (unpaired) electrons. The summed E-state index contributed by atoms with van der Waals surface area (Å²) in [5, 5.41) is 0. The van der Waals surface area contributed by atoms with Crippen molar-refractivity contribution in [1.82, 2.24) is 9.97 Å². The molecule has 2 aromatic rings. The van der Waals surface area contributed by atoms with Crippen LogP contribution in [0.1, 0.15) is 21.5 Å². The zero-order valence-corrected chi connectivity index (χ0v) is 10.5. The lowest BCUT2D eigenvalue weighted by Gasteiger charge is -2.20. The highest BCUT2D eigenvalue weighted by molar-refractivity contribution is 5.75. The first-order chi connectivity index (χ1) is 8.70. The molecular formula is C14H15N3O. The molecule has 18 heavy (non-hydrogen) atoms. The molecule has 0 aliphatic carbocycles. The average molecular weight is 241 g/mol. The molecule has 0 fully saturated rings. The summed E-state index contributed by atoms with van der Waals surface area (Å²) < 4.78 is 0. The number of anilines is 1. The Hall–Kier alpha value is -2.23. The van der Waals surface area contributed by atoms with Crippen molar-refractivity contribution in [2.24, 2.45) is 0 Å². The first-order valence-corrected chi connectivity index (χ1v) is 5.72. The van der Waals surface area contributed by atoms with Gasteiger partial charge < -0.3 is 4.90 Å². The van der Waals surface area contributed by atoms with Gasteiger partial charge in [-0.1, -0.05) is 0 Å². The van der Waals surface area contributed by atoms with Gasteiger partial charge in [0.2, 0.25) is 0 Å². The average Bonchev–Trinajstić information content (AvgIpc) is 2.39. The summed E-state index contributed by atoms with van der Waals surface area (Å²) in [5.41, 5.74) is 2.78. The Bertz CT molecular complexity index is 540. The normalized spacial score (nSPS) is 10.1. The predicted molar refractivity (Wildman–Crippen MR) is 70.7 cm³/mol. The van der Waals surface area contributed by atoms with Crippen LogP contribution in [0, 0.1) is 6.92 Å². The van der Waals surface area contributed by atoms with Crippen molar-refractivity contribution in [2.75, 3.05) is 11.9 Å².